The van der Waals surface area contributed by atoms with Crippen molar-refractivity contribution in [3.05, 3.63) is 70.5 Å². The zero-order valence-electron chi connectivity index (χ0n) is 16.2. The Bertz CT molecular complexity index is 1130. The predicted molar refractivity (Wildman–Crippen MR) is 122 cm³/mol. The molecule has 0 saturated heterocycles. The maximum absolute atomic E-state index is 13.1. The van der Waals surface area contributed by atoms with Crippen LogP contribution in [-0.4, -0.2) is 28.2 Å². The molecule has 0 aliphatic heterocycles. The molecule has 0 bridgehead atoms. The second-order valence-corrected chi connectivity index (χ2v) is 9.64. The Hall–Kier alpha value is -2.75. The standard InChI is InChI=1S/C21H18N4O2S3/c1-13-24-25-21(29-13)30-18(15-6-4-3-5-7-15)19(26)23-20-22-17(12-28-20)14-8-10-16(27-2)11-9-14/h3-12,18H,1-2H3,(H,22,23,26)/t18-/m0/s1. The number of anilines is 1. The van der Waals surface area contributed by atoms with Crippen molar-refractivity contribution >= 4 is 45.5 Å². The summed E-state index contributed by atoms with van der Waals surface area (Å²) in [7, 11) is 1.63. The van der Waals surface area contributed by atoms with Gasteiger partial charge in [0, 0.05) is 10.9 Å². The van der Waals surface area contributed by atoms with Gasteiger partial charge in [0.2, 0.25) is 5.91 Å². The van der Waals surface area contributed by atoms with Crippen LogP contribution in [0.25, 0.3) is 11.3 Å². The van der Waals surface area contributed by atoms with Crippen LogP contribution in [-0.2, 0) is 4.79 Å². The van der Waals surface area contributed by atoms with E-state index in [1.54, 1.807) is 7.11 Å². The van der Waals surface area contributed by atoms with E-state index in [2.05, 4.69) is 20.5 Å². The van der Waals surface area contributed by atoms with E-state index in [0.717, 1.165) is 31.9 Å². The monoisotopic (exact) mass is 454 g/mol. The fraction of sp³-hybridized carbons (Fsp3) is 0.143. The summed E-state index contributed by atoms with van der Waals surface area (Å²) in [6, 6.07) is 17.3. The molecule has 2 aromatic carbocycles. The number of benzene rings is 2. The van der Waals surface area contributed by atoms with E-state index < -0.39 is 5.25 Å². The molecule has 1 atom stereocenters. The topological polar surface area (TPSA) is 77.0 Å². The van der Waals surface area contributed by atoms with Gasteiger partial charge in [0.1, 0.15) is 16.0 Å². The number of thioether (sulfide) groups is 1. The lowest BCUT2D eigenvalue weighted by molar-refractivity contribution is -0.115. The third-order valence-corrected chi connectivity index (χ3v) is 7.12. The number of aryl methyl sites for hydroxylation is 1. The number of nitrogens with one attached hydrogen (secondary N) is 1. The lowest BCUT2D eigenvalue weighted by Gasteiger charge is -2.14. The normalized spacial score (nSPS) is 11.8. The highest BCUT2D eigenvalue weighted by Gasteiger charge is 2.24. The van der Waals surface area contributed by atoms with Crippen molar-refractivity contribution < 1.29 is 9.53 Å². The minimum absolute atomic E-state index is 0.144. The second-order valence-electron chi connectivity index (χ2n) is 6.25. The number of methoxy groups -OCH3 is 1. The summed E-state index contributed by atoms with van der Waals surface area (Å²) < 4.78 is 5.95. The molecule has 9 heteroatoms. The first kappa shape index (κ1) is 20.5. The molecule has 4 aromatic rings. The zero-order valence-corrected chi connectivity index (χ0v) is 18.7. The molecule has 1 N–H and O–H groups in total. The molecule has 6 nitrogen and oxygen atoms in total. The highest BCUT2D eigenvalue weighted by molar-refractivity contribution is 8.01. The minimum Gasteiger partial charge on any atom is -0.497 e. The van der Waals surface area contributed by atoms with Gasteiger partial charge in [-0.05, 0) is 36.8 Å². The van der Waals surface area contributed by atoms with Crippen LogP contribution in [0.2, 0.25) is 0 Å². The zero-order chi connectivity index (χ0) is 20.9. The van der Waals surface area contributed by atoms with Crippen molar-refractivity contribution in [3.63, 3.8) is 0 Å². The molecule has 2 heterocycles. The van der Waals surface area contributed by atoms with Gasteiger partial charge in [0.25, 0.3) is 0 Å². The summed E-state index contributed by atoms with van der Waals surface area (Å²) in [4.78, 5) is 17.7. The molecule has 1 amide bonds. The van der Waals surface area contributed by atoms with Gasteiger partial charge < -0.3 is 10.1 Å². The first-order chi connectivity index (χ1) is 14.6. The Labute approximate surface area is 186 Å². The molecule has 0 spiro atoms. The number of hydrogen-bond donors (Lipinski definition) is 1. The van der Waals surface area contributed by atoms with E-state index in [9.17, 15) is 4.79 Å². The summed E-state index contributed by atoms with van der Waals surface area (Å²) >= 11 is 4.27. The van der Waals surface area contributed by atoms with E-state index >= 15 is 0 Å². The molecule has 0 radical (unpaired) electrons. The fourth-order valence-corrected chi connectivity index (χ4v) is 5.45. The molecule has 4 rings (SSSR count). The fourth-order valence-electron chi connectivity index (χ4n) is 2.72. The largest absolute Gasteiger partial charge is 0.497 e. The van der Waals surface area contributed by atoms with Crippen LogP contribution >= 0.6 is 34.4 Å². The maximum atomic E-state index is 13.1. The lowest BCUT2D eigenvalue weighted by atomic mass is 10.1. The molecule has 0 aliphatic carbocycles. The molecule has 30 heavy (non-hydrogen) atoms. The molecular formula is C21H18N4O2S3. The van der Waals surface area contributed by atoms with E-state index in [-0.39, 0.29) is 5.91 Å². The molecule has 0 unspecified atom stereocenters. The highest BCUT2D eigenvalue weighted by atomic mass is 32.2. The molecule has 152 valence electrons. The Balaban J connectivity index is 1.53. The Morgan fingerprint density at radius 2 is 1.87 bits per heavy atom. The molecule has 2 aromatic heterocycles. The number of ether oxygens (including phenoxy) is 1. The van der Waals surface area contributed by atoms with Crippen molar-refractivity contribution in [2.24, 2.45) is 0 Å². The number of thiazole rings is 1. The van der Waals surface area contributed by atoms with Crippen LogP contribution in [0.5, 0.6) is 5.75 Å². The van der Waals surface area contributed by atoms with Crippen molar-refractivity contribution in [2.75, 3.05) is 12.4 Å². The molecule has 0 fully saturated rings. The van der Waals surface area contributed by atoms with E-state index in [1.165, 1.54) is 34.4 Å². The van der Waals surface area contributed by atoms with Gasteiger partial charge in [-0.15, -0.1) is 21.5 Å². The second kappa shape index (κ2) is 9.38. The van der Waals surface area contributed by atoms with Gasteiger partial charge in [-0.2, -0.15) is 0 Å². The quantitative estimate of drug-likeness (QED) is 0.374. The van der Waals surface area contributed by atoms with E-state index in [4.69, 9.17) is 4.74 Å². The summed E-state index contributed by atoms with van der Waals surface area (Å²) in [5.41, 5.74) is 2.67. The van der Waals surface area contributed by atoms with Gasteiger partial charge in [-0.1, -0.05) is 53.4 Å². The van der Waals surface area contributed by atoms with Crippen LogP contribution < -0.4 is 10.1 Å². The number of amides is 1. The van der Waals surface area contributed by atoms with Crippen LogP contribution in [0.3, 0.4) is 0 Å². The lowest BCUT2D eigenvalue weighted by Crippen LogP contribution is -2.18. The SMILES string of the molecule is COc1ccc(-c2csc(NC(=O)[C@@H](Sc3nnc(C)s3)c3ccccc3)n2)cc1. The number of rotatable bonds is 7. The average molecular weight is 455 g/mol. The van der Waals surface area contributed by atoms with E-state index in [1.807, 2.05) is 66.9 Å². The Morgan fingerprint density at radius 1 is 1.10 bits per heavy atom. The van der Waals surface area contributed by atoms with Gasteiger partial charge in [0.05, 0.1) is 12.8 Å². The van der Waals surface area contributed by atoms with Crippen molar-refractivity contribution in [1.29, 1.82) is 0 Å². The van der Waals surface area contributed by atoms with Crippen molar-refractivity contribution in [3.8, 4) is 17.0 Å². The summed E-state index contributed by atoms with van der Waals surface area (Å²) in [5.74, 6) is 0.645. The summed E-state index contributed by atoms with van der Waals surface area (Å²) in [6.45, 7) is 1.90. The van der Waals surface area contributed by atoms with Gasteiger partial charge in [-0.3, -0.25) is 4.79 Å². The predicted octanol–water partition coefficient (Wildman–Crippen LogP) is 5.45. The number of carbonyl (C=O) groups is 1. The third-order valence-electron chi connectivity index (χ3n) is 4.19. The third kappa shape index (κ3) is 4.86. The first-order valence-corrected chi connectivity index (χ1v) is 11.6. The van der Waals surface area contributed by atoms with Gasteiger partial charge in [-0.25, -0.2) is 4.98 Å². The maximum Gasteiger partial charge on any atom is 0.244 e. The van der Waals surface area contributed by atoms with Crippen LogP contribution in [0.4, 0.5) is 5.13 Å². The smallest absolute Gasteiger partial charge is 0.244 e. The van der Waals surface area contributed by atoms with Crippen LogP contribution in [0.15, 0.2) is 64.3 Å². The number of hydrogen-bond acceptors (Lipinski definition) is 8. The first-order valence-electron chi connectivity index (χ1n) is 9.05. The van der Waals surface area contributed by atoms with Crippen molar-refractivity contribution in [1.82, 2.24) is 15.2 Å². The Morgan fingerprint density at radius 3 is 2.53 bits per heavy atom. The summed E-state index contributed by atoms with van der Waals surface area (Å²) in [5, 5.41) is 14.1. The van der Waals surface area contributed by atoms with Crippen molar-refractivity contribution in [2.45, 2.75) is 16.5 Å². The van der Waals surface area contributed by atoms with Crippen LogP contribution in [0.1, 0.15) is 15.8 Å². The molecule has 0 aliphatic rings. The number of aromatic nitrogens is 3. The highest BCUT2D eigenvalue weighted by Crippen LogP contribution is 2.38. The number of nitrogens with zero attached hydrogens (tertiary/aromatic N) is 3. The number of carbonyl (C=O) groups excluding carboxylic acids is 1. The van der Waals surface area contributed by atoms with Crippen LogP contribution in [0, 0.1) is 6.92 Å². The summed E-state index contributed by atoms with van der Waals surface area (Å²) in [6.07, 6.45) is 0. The molecular weight excluding hydrogens is 436 g/mol. The van der Waals surface area contributed by atoms with E-state index in [0.29, 0.717) is 5.13 Å². The molecule has 0 saturated carbocycles. The average Bonchev–Trinajstić information content (AvgIpc) is 3.41. The van der Waals surface area contributed by atoms with Gasteiger partial charge in [0.15, 0.2) is 9.47 Å². The van der Waals surface area contributed by atoms with Gasteiger partial charge >= 0.3 is 0 Å². The Kier molecular flexibility index (Phi) is 6.41. The minimum atomic E-state index is -0.452.